The number of carbonyl (C=O) groups is 1. The average molecular weight is 238 g/mol. The van der Waals surface area contributed by atoms with Crippen LogP contribution in [0.15, 0.2) is 18.2 Å². The van der Waals surface area contributed by atoms with Crippen LogP contribution in [0.4, 0.5) is 4.39 Å². The lowest BCUT2D eigenvalue weighted by Gasteiger charge is -2.05. The normalized spacial score (nSPS) is 10.8. The Morgan fingerprint density at radius 2 is 2.06 bits per heavy atom. The minimum atomic E-state index is -0.520. The van der Waals surface area contributed by atoms with Crippen molar-refractivity contribution in [2.75, 3.05) is 0 Å². The summed E-state index contributed by atoms with van der Waals surface area (Å²) in [5, 5.41) is 0.877. The van der Waals surface area contributed by atoms with Gasteiger partial charge < -0.3 is 0 Å². The fourth-order valence-electron chi connectivity index (χ4n) is 1.57. The van der Waals surface area contributed by atoms with E-state index in [2.05, 4.69) is 4.98 Å². The summed E-state index contributed by atoms with van der Waals surface area (Å²) in [4.78, 5) is 15.3. The summed E-state index contributed by atoms with van der Waals surface area (Å²) in [7, 11) is 0. The van der Waals surface area contributed by atoms with Gasteiger partial charge in [-0.25, -0.2) is 9.37 Å². The molecular weight excluding hydrogens is 229 g/mol. The molecule has 0 spiro atoms. The van der Waals surface area contributed by atoms with Gasteiger partial charge in [0.1, 0.15) is 11.3 Å². The lowest BCUT2D eigenvalue weighted by Crippen LogP contribution is -1.96. The van der Waals surface area contributed by atoms with E-state index in [9.17, 15) is 9.18 Å². The van der Waals surface area contributed by atoms with E-state index in [1.54, 1.807) is 19.1 Å². The zero-order valence-electron chi connectivity index (χ0n) is 8.84. The van der Waals surface area contributed by atoms with Crippen LogP contribution >= 0.6 is 11.6 Å². The third-order valence-corrected chi connectivity index (χ3v) is 2.66. The number of Topliss-reactive ketones (excluding diaryl/α,β-unsaturated/α-hetero) is 1. The summed E-state index contributed by atoms with van der Waals surface area (Å²) < 4.78 is 13.7. The number of benzene rings is 1. The van der Waals surface area contributed by atoms with Crippen LogP contribution in [0.25, 0.3) is 10.9 Å². The van der Waals surface area contributed by atoms with Crippen LogP contribution in [0.1, 0.15) is 23.0 Å². The van der Waals surface area contributed by atoms with E-state index in [0.717, 1.165) is 0 Å². The summed E-state index contributed by atoms with van der Waals surface area (Å²) in [5.41, 5.74) is 1.15. The average Bonchev–Trinajstić information content (AvgIpc) is 2.19. The molecule has 0 amide bonds. The van der Waals surface area contributed by atoms with Crippen LogP contribution in [0.3, 0.4) is 0 Å². The van der Waals surface area contributed by atoms with Crippen LogP contribution in [0, 0.1) is 12.7 Å². The number of hydrogen-bond acceptors (Lipinski definition) is 2. The molecule has 0 fully saturated rings. The van der Waals surface area contributed by atoms with Gasteiger partial charge in [0.25, 0.3) is 0 Å². The molecule has 0 atom stereocenters. The molecule has 0 saturated carbocycles. The number of halogens is 2. The maximum atomic E-state index is 13.7. The smallest absolute Gasteiger partial charge is 0.159 e. The van der Waals surface area contributed by atoms with Crippen molar-refractivity contribution in [1.29, 1.82) is 0 Å². The predicted octanol–water partition coefficient (Wildman–Crippen LogP) is 3.54. The highest BCUT2D eigenvalue weighted by molar-refractivity contribution is 6.35. The maximum Gasteiger partial charge on any atom is 0.159 e. The molecule has 0 aliphatic carbocycles. The Balaban J connectivity index is 2.87. The summed E-state index contributed by atoms with van der Waals surface area (Å²) in [6, 6.07) is 4.40. The Labute approximate surface area is 97.1 Å². The third-order valence-electron chi connectivity index (χ3n) is 2.35. The molecule has 16 heavy (non-hydrogen) atoms. The first-order valence-electron chi connectivity index (χ1n) is 4.76. The molecule has 0 bridgehead atoms. The molecule has 0 aliphatic rings. The lowest BCUT2D eigenvalue weighted by atomic mass is 10.1. The maximum absolute atomic E-state index is 13.7. The second kappa shape index (κ2) is 3.83. The van der Waals surface area contributed by atoms with E-state index in [-0.39, 0.29) is 11.3 Å². The Morgan fingerprint density at radius 3 is 2.69 bits per heavy atom. The lowest BCUT2D eigenvalue weighted by molar-refractivity contribution is 0.101. The van der Waals surface area contributed by atoms with Gasteiger partial charge in [0.05, 0.1) is 5.02 Å². The van der Waals surface area contributed by atoms with Gasteiger partial charge in [0.15, 0.2) is 5.78 Å². The first-order chi connectivity index (χ1) is 7.49. The minimum absolute atomic E-state index is 0.197. The zero-order chi connectivity index (χ0) is 11.9. The molecule has 0 N–H and O–H groups in total. The topological polar surface area (TPSA) is 30.0 Å². The quantitative estimate of drug-likeness (QED) is 0.710. The van der Waals surface area contributed by atoms with Gasteiger partial charge in [-0.3, -0.25) is 4.79 Å². The molecule has 1 aromatic heterocycles. The van der Waals surface area contributed by atoms with Crippen molar-refractivity contribution < 1.29 is 9.18 Å². The summed E-state index contributed by atoms with van der Waals surface area (Å²) >= 11 is 5.99. The second-order valence-electron chi connectivity index (χ2n) is 3.66. The highest BCUT2D eigenvalue weighted by Gasteiger charge is 2.11. The fraction of sp³-hybridized carbons (Fsp3) is 0.167. The van der Waals surface area contributed by atoms with Crippen LogP contribution < -0.4 is 0 Å². The molecule has 2 aromatic rings. The number of aromatic nitrogens is 1. The first kappa shape index (κ1) is 11.0. The summed E-state index contributed by atoms with van der Waals surface area (Å²) in [6.45, 7) is 3.12. The highest BCUT2D eigenvalue weighted by atomic mass is 35.5. The van der Waals surface area contributed by atoms with Gasteiger partial charge >= 0.3 is 0 Å². The van der Waals surface area contributed by atoms with Crippen LogP contribution in [-0.2, 0) is 0 Å². The van der Waals surface area contributed by atoms with E-state index in [1.165, 1.54) is 13.0 Å². The SMILES string of the molecule is CC(=O)c1cc(F)c2nc(C)cc(Cl)c2c1. The van der Waals surface area contributed by atoms with E-state index < -0.39 is 5.82 Å². The molecule has 1 aromatic carbocycles. The number of ketones is 1. The predicted molar refractivity (Wildman–Crippen MR) is 61.5 cm³/mol. The number of pyridine rings is 1. The standard InChI is InChI=1S/C12H9ClFNO/c1-6-3-10(13)9-4-8(7(2)16)5-11(14)12(9)15-6/h3-5H,1-2H3. The monoisotopic (exact) mass is 237 g/mol. The van der Waals surface area contributed by atoms with Gasteiger partial charge in [0, 0.05) is 16.6 Å². The molecule has 4 heteroatoms. The molecule has 0 aliphatic heterocycles. The van der Waals surface area contributed by atoms with E-state index in [0.29, 0.717) is 21.7 Å². The minimum Gasteiger partial charge on any atom is -0.295 e. The first-order valence-corrected chi connectivity index (χ1v) is 5.14. The van der Waals surface area contributed by atoms with Crippen molar-refractivity contribution in [3.05, 3.63) is 40.3 Å². The molecule has 0 radical (unpaired) electrons. The molecule has 0 saturated heterocycles. The molecule has 0 unspecified atom stereocenters. The molecule has 2 nitrogen and oxygen atoms in total. The fourth-order valence-corrected chi connectivity index (χ4v) is 1.87. The molecule has 2 rings (SSSR count). The molecule has 1 heterocycles. The van der Waals surface area contributed by atoms with Gasteiger partial charge in [0.2, 0.25) is 0 Å². The molecular formula is C12H9ClFNO. The van der Waals surface area contributed by atoms with Crippen molar-refractivity contribution in [2.24, 2.45) is 0 Å². The number of fused-ring (bicyclic) bond motifs is 1. The highest BCUT2D eigenvalue weighted by Crippen LogP contribution is 2.26. The van der Waals surface area contributed by atoms with E-state index >= 15 is 0 Å². The van der Waals surface area contributed by atoms with E-state index in [1.807, 2.05) is 0 Å². The number of aryl methyl sites for hydroxylation is 1. The summed E-state index contributed by atoms with van der Waals surface area (Å²) in [5.74, 6) is -0.717. The van der Waals surface area contributed by atoms with Gasteiger partial charge in [-0.05, 0) is 32.0 Å². The van der Waals surface area contributed by atoms with Crippen LogP contribution in [0.5, 0.6) is 0 Å². The third kappa shape index (κ3) is 1.78. The second-order valence-corrected chi connectivity index (χ2v) is 4.06. The largest absolute Gasteiger partial charge is 0.295 e. The molecule has 82 valence electrons. The summed E-state index contributed by atoms with van der Waals surface area (Å²) in [6.07, 6.45) is 0. The van der Waals surface area contributed by atoms with Crippen molar-refractivity contribution in [3.8, 4) is 0 Å². The Hall–Kier alpha value is -1.48. The number of rotatable bonds is 1. The van der Waals surface area contributed by atoms with E-state index in [4.69, 9.17) is 11.6 Å². The Morgan fingerprint density at radius 1 is 1.38 bits per heavy atom. The van der Waals surface area contributed by atoms with Gasteiger partial charge in [-0.1, -0.05) is 11.6 Å². The Bertz CT molecular complexity index is 595. The van der Waals surface area contributed by atoms with Crippen LogP contribution in [0.2, 0.25) is 5.02 Å². The van der Waals surface area contributed by atoms with Crippen molar-refractivity contribution in [2.45, 2.75) is 13.8 Å². The number of hydrogen-bond donors (Lipinski definition) is 0. The van der Waals surface area contributed by atoms with Crippen LogP contribution in [-0.4, -0.2) is 10.8 Å². The van der Waals surface area contributed by atoms with Crippen molar-refractivity contribution in [1.82, 2.24) is 4.98 Å². The van der Waals surface area contributed by atoms with Crippen molar-refractivity contribution in [3.63, 3.8) is 0 Å². The Kier molecular flexibility index (Phi) is 2.64. The number of carbonyl (C=O) groups excluding carboxylic acids is 1. The number of nitrogens with zero attached hydrogens (tertiary/aromatic N) is 1. The zero-order valence-corrected chi connectivity index (χ0v) is 9.60. The van der Waals surface area contributed by atoms with Gasteiger partial charge in [-0.15, -0.1) is 0 Å². The van der Waals surface area contributed by atoms with Crippen molar-refractivity contribution >= 4 is 28.3 Å². The van der Waals surface area contributed by atoms with Gasteiger partial charge in [-0.2, -0.15) is 0 Å².